The van der Waals surface area contributed by atoms with Crippen LogP contribution in [-0.4, -0.2) is 60.3 Å². The van der Waals surface area contributed by atoms with Gasteiger partial charge in [-0.05, 0) is 46.1 Å². The van der Waals surface area contributed by atoms with Crippen LogP contribution in [0.4, 0.5) is 0 Å². The number of nitrogens with zero attached hydrogens (tertiary/aromatic N) is 2. The van der Waals surface area contributed by atoms with Crippen molar-refractivity contribution in [3.63, 3.8) is 0 Å². The second-order valence-corrected chi connectivity index (χ2v) is 7.23. The molecule has 7 heteroatoms. The molecule has 0 aromatic carbocycles. The quantitative estimate of drug-likeness (QED) is 0.570. The van der Waals surface area contributed by atoms with Crippen LogP contribution < -0.4 is 4.74 Å². The molecule has 1 aliphatic rings. The van der Waals surface area contributed by atoms with Crippen LogP contribution in [0.15, 0.2) is 18.3 Å². The van der Waals surface area contributed by atoms with Crippen LogP contribution in [0, 0.1) is 0 Å². The van der Waals surface area contributed by atoms with Crippen molar-refractivity contribution in [2.24, 2.45) is 0 Å². The van der Waals surface area contributed by atoms with Crippen molar-refractivity contribution in [3.8, 4) is 5.88 Å². The maximum Gasteiger partial charge on any atom is 0.328 e. The van der Waals surface area contributed by atoms with Crippen LogP contribution >= 0.6 is 0 Å². The summed E-state index contributed by atoms with van der Waals surface area (Å²) in [5, 5.41) is 0. The molecule has 0 aliphatic carbocycles. The van der Waals surface area contributed by atoms with Gasteiger partial charge in [0, 0.05) is 18.8 Å². The van der Waals surface area contributed by atoms with Crippen molar-refractivity contribution < 1.29 is 23.8 Å². The Bertz CT molecular complexity index is 609. The highest BCUT2D eigenvalue weighted by molar-refractivity contribution is 5.96. The molecule has 1 saturated heterocycles. The van der Waals surface area contributed by atoms with Crippen molar-refractivity contribution in [1.82, 2.24) is 9.88 Å². The number of amides is 1. The molecule has 2 rings (SSSR count). The van der Waals surface area contributed by atoms with Gasteiger partial charge >= 0.3 is 5.97 Å². The first-order valence-corrected chi connectivity index (χ1v) is 8.93. The Labute approximate surface area is 154 Å². The minimum atomic E-state index is -0.522. The lowest BCUT2D eigenvalue weighted by Crippen LogP contribution is -2.48. The molecule has 0 saturated carbocycles. The minimum Gasteiger partial charge on any atom is -0.475 e. The molecule has 1 atom stereocenters. The number of rotatable bonds is 6. The first-order valence-electron chi connectivity index (χ1n) is 8.93. The molecule has 0 radical (unpaired) electrons. The summed E-state index contributed by atoms with van der Waals surface area (Å²) in [4.78, 5) is 30.4. The molecule has 0 bridgehead atoms. The highest BCUT2D eigenvalue weighted by Crippen LogP contribution is 2.21. The average molecular weight is 364 g/mol. The summed E-state index contributed by atoms with van der Waals surface area (Å²) in [6.07, 6.45) is 3.89. The number of hydrogen-bond acceptors (Lipinski definition) is 6. The van der Waals surface area contributed by atoms with Gasteiger partial charge in [0.05, 0.1) is 24.9 Å². The lowest BCUT2D eigenvalue weighted by atomic mass is 10.0. The molecule has 0 N–H and O–H groups in total. The molecule has 1 aromatic rings. The molecule has 0 spiro atoms. The average Bonchev–Trinajstić information content (AvgIpc) is 2.64. The van der Waals surface area contributed by atoms with Crippen LogP contribution in [-0.2, 0) is 14.3 Å². The van der Waals surface area contributed by atoms with Gasteiger partial charge < -0.3 is 19.1 Å². The zero-order valence-corrected chi connectivity index (χ0v) is 16.0. The monoisotopic (exact) mass is 364 g/mol. The Balaban J connectivity index is 1.94. The molecule has 1 fully saturated rings. The summed E-state index contributed by atoms with van der Waals surface area (Å²) < 4.78 is 15.9. The number of methoxy groups -OCH3 is 1. The molecule has 144 valence electrons. The summed E-state index contributed by atoms with van der Waals surface area (Å²) in [5.41, 5.74) is 0.219. The van der Waals surface area contributed by atoms with Gasteiger partial charge in [0.25, 0.3) is 5.91 Å². The van der Waals surface area contributed by atoms with Crippen molar-refractivity contribution in [3.05, 3.63) is 23.9 Å². The molecule has 7 nitrogen and oxygen atoms in total. The molecule has 26 heavy (non-hydrogen) atoms. The van der Waals surface area contributed by atoms with Crippen LogP contribution in [0.2, 0.25) is 0 Å². The third-order valence-electron chi connectivity index (χ3n) is 4.09. The van der Waals surface area contributed by atoms with Gasteiger partial charge in [0.15, 0.2) is 0 Å². The summed E-state index contributed by atoms with van der Waals surface area (Å²) in [6, 6.07) is 2.80. The molecular weight excluding hydrogens is 336 g/mol. The summed E-state index contributed by atoms with van der Waals surface area (Å²) in [6.45, 7) is 7.32. The molecule has 1 aromatic heterocycles. The van der Waals surface area contributed by atoms with E-state index in [1.165, 1.54) is 13.3 Å². The van der Waals surface area contributed by atoms with Crippen molar-refractivity contribution >= 4 is 11.9 Å². The Kier molecular flexibility index (Phi) is 6.97. The van der Waals surface area contributed by atoms with Gasteiger partial charge in [-0.3, -0.25) is 4.79 Å². The molecule has 1 unspecified atom stereocenters. The van der Waals surface area contributed by atoms with Gasteiger partial charge in [-0.1, -0.05) is 0 Å². The summed E-state index contributed by atoms with van der Waals surface area (Å²) in [5.74, 6) is -0.151. The third kappa shape index (κ3) is 5.69. The SMILES string of the molecule is COC(=O)C1CCCCN1C(=O)c1ccc(OCCOC(C)(C)C)nc1. The first-order chi connectivity index (χ1) is 12.3. The number of carbonyl (C=O) groups is 2. The summed E-state index contributed by atoms with van der Waals surface area (Å²) in [7, 11) is 1.34. The van der Waals surface area contributed by atoms with E-state index in [0.717, 1.165) is 12.8 Å². The fourth-order valence-corrected chi connectivity index (χ4v) is 2.81. The Morgan fingerprint density at radius 3 is 2.62 bits per heavy atom. The van der Waals surface area contributed by atoms with Gasteiger partial charge in [0.2, 0.25) is 5.88 Å². The van der Waals surface area contributed by atoms with E-state index in [-0.39, 0.29) is 17.5 Å². The van der Waals surface area contributed by atoms with Crippen molar-refractivity contribution in [2.45, 2.75) is 51.7 Å². The van der Waals surface area contributed by atoms with E-state index in [0.29, 0.717) is 37.6 Å². The van der Waals surface area contributed by atoms with Crippen LogP contribution in [0.1, 0.15) is 50.4 Å². The number of carbonyl (C=O) groups excluding carboxylic acids is 2. The van der Waals surface area contributed by atoms with E-state index in [4.69, 9.17) is 14.2 Å². The molecule has 1 amide bonds. The predicted molar refractivity (Wildman–Crippen MR) is 96.1 cm³/mol. The molecule has 2 heterocycles. The van der Waals surface area contributed by atoms with Crippen molar-refractivity contribution in [1.29, 1.82) is 0 Å². The zero-order chi connectivity index (χ0) is 19.2. The summed E-state index contributed by atoms with van der Waals surface area (Å²) >= 11 is 0. The standard InChI is InChI=1S/C19H28N2O5/c1-19(2,3)26-12-11-25-16-9-8-14(13-20-16)17(22)21-10-6-5-7-15(21)18(23)24-4/h8-9,13,15H,5-7,10-12H2,1-4H3. The molecule has 1 aliphatic heterocycles. The number of hydrogen-bond donors (Lipinski definition) is 0. The number of aromatic nitrogens is 1. The fraction of sp³-hybridized carbons (Fsp3) is 0.632. The van der Waals surface area contributed by atoms with E-state index in [9.17, 15) is 9.59 Å². The highest BCUT2D eigenvalue weighted by atomic mass is 16.5. The van der Waals surface area contributed by atoms with Gasteiger partial charge in [-0.15, -0.1) is 0 Å². The van der Waals surface area contributed by atoms with Crippen LogP contribution in [0.3, 0.4) is 0 Å². The lowest BCUT2D eigenvalue weighted by Gasteiger charge is -2.33. The largest absolute Gasteiger partial charge is 0.475 e. The Morgan fingerprint density at radius 1 is 1.23 bits per heavy atom. The van der Waals surface area contributed by atoms with Gasteiger partial charge in [0.1, 0.15) is 12.6 Å². The number of ether oxygens (including phenoxy) is 3. The first kappa shape index (κ1) is 20.2. The zero-order valence-electron chi connectivity index (χ0n) is 16.0. The lowest BCUT2D eigenvalue weighted by molar-refractivity contribution is -0.147. The normalized spacial score (nSPS) is 17.7. The number of esters is 1. The third-order valence-corrected chi connectivity index (χ3v) is 4.09. The Morgan fingerprint density at radius 2 is 2.00 bits per heavy atom. The molecular formula is C19H28N2O5. The van der Waals surface area contributed by atoms with Crippen molar-refractivity contribution in [2.75, 3.05) is 26.9 Å². The number of piperidine rings is 1. The second kappa shape index (κ2) is 8.98. The maximum absolute atomic E-state index is 12.7. The van der Waals surface area contributed by atoms with Gasteiger partial charge in [-0.2, -0.15) is 0 Å². The topological polar surface area (TPSA) is 78.0 Å². The minimum absolute atomic E-state index is 0.211. The van der Waals surface area contributed by atoms with E-state index in [1.54, 1.807) is 17.0 Å². The number of pyridine rings is 1. The number of likely N-dealkylation sites (tertiary alicyclic amines) is 1. The maximum atomic E-state index is 12.7. The van der Waals surface area contributed by atoms with Crippen LogP contribution in [0.25, 0.3) is 0 Å². The van der Waals surface area contributed by atoms with E-state index in [1.807, 2.05) is 20.8 Å². The smallest absolute Gasteiger partial charge is 0.328 e. The van der Waals surface area contributed by atoms with Gasteiger partial charge in [-0.25, -0.2) is 9.78 Å². The fourth-order valence-electron chi connectivity index (χ4n) is 2.81. The van der Waals surface area contributed by atoms with E-state index in [2.05, 4.69) is 4.98 Å². The Hall–Kier alpha value is -2.15. The van der Waals surface area contributed by atoms with Crippen LogP contribution in [0.5, 0.6) is 5.88 Å². The second-order valence-electron chi connectivity index (χ2n) is 7.23. The predicted octanol–water partition coefficient (Wildman–Crippen LogP) is 2.44. The highest BCUT2D eigenvalue weighted by Gasteiger charge is 2.33. The van der Waals surface area contributed by atoms with E-state index < -0.39 is 6.04 Å². The van der Waals surface area contributed by atoms with E-state index >= 15 is 0 Å².